The number of thioether (sulfide) groups is 1. The minimum absolute atomic E-state index is 0.125. The molecule has 1 aliphatic heterocycles. The van der Waals surface area contributed by atoms with Gasteiger partial charge in [-0.1, -0.05) is 0 Å². The van der Waals surface area contributed by atoms with E-state index in [0.717, 1.165) is 24.4 Å². The van der Waals surface area contributed by atoms with Crippen molar-refractivity contribution in [2.45, 2.75) is 11.3 Å². The summed E-state index contributed by atoms with van der Waals surface area (Å²) in [5.74, 6) is 0.145. The van der Waals surface area contributed by atoms with Gasteiger partial charge < -0.3 is 10.6 Å². The van der Waals surface area contributed by atoms with Crippen LogP contribution >= 0.6 is 11.8 Å². The third kappa shape index (κ3) is 2.47. The van der Waals surface area contributed by atoms with E-state index in [4.69, 9.17) is 5.73 Å². The summed E-state index contributed by atoms with van der Waals surface area (Å²) in [6.07, 6.45) is 1.09. The Morgan fingerprint density at radius 2 is 2.25 bits per heavy atom. The van der Waals surface area contributed by atoms with Crippen LogP contribution in [0.2, 0.25) is 0 Å². The first-order valence-corrected chi connectivity index (χ1v) is 6.11. The SMILES string of the molecule is Nc1cc(F)ccc1SCC(=O)N1CCC1. The molecule has 1 aromatic carbocycles. The molecule has 0 bridgehead atoms. The summed E-state index contributed by atoms with van der Waals surface area (Å²) in [7, 11) is 0. The number of halogens is 1. The number of carbonyl (C=O) groups is 1. The summed E-state index contributed by atoms with van der Waals surface area (Å²) in [6.45, 7) is 1.72. The fourth-order valence-electron chi connectivity index (χ4n) is 1.45. The van der Waals surface area contributed by atoms with Crippen molar-refractivity contribution in [1.82, 2.24) is 4.90 Å². The number of hydrogen-bond acceptors (Lipinski definition) is 3. The molecule has 0 unspecified atom stereocenters. The smallest absolute Gasteiger partial charge is 0.232 e. The van der Waals surface area contributed by atoms with E-state index in [-0.39, 0.29) is 11.7 Å². The summed E-state index contributed by atoms with van der Waals surface area (Å²) >= 11 is 1.36. The summed E-state index contributed by atoms with van der Waals surface area (Å²) in [6, 6.07) is 4.24. The second-order valence-electron chi connectivity index (χ2n) is 3.71. The topological polar surface area (TPSA) is 46.3 Å². The lowest BCUT2D eigenvalue weighted by molar-refractivity contribution is -0.131. The maximum Gasteiger partial charge on any atom is 0.232 e. The Kier molecular flexibility index (Phi) is 3.33. The first-order valence-electron chi connectivity index (χ1n) is 5.12. The van der Waals surface area contributed by atoms with Crippen molar-refractivity contribution in [2.75, 3.05) is 24.6 Å². The zero-order chi connectivity index (χ0) is 11.5. The number of nitrogen functional groups attached to an aromatic ring is 1. The van der Waals surface area contributed by atoms with Crippen molar-refractivity contribution in [2.24, 2.45) is 0 Å². The number of anilines is 1. The van der Waals surface area contributed by atoms with Gasteiger partial charge in [0.05, 0.1) is 5.75 Å². The van der Waals surface area contributed by atoms with Crippen LogP contribution in [-0.4, -0.2) is 29.6 Å². The Bertz CT molecular complexity index is 407. The standard InChI is InChI=1S/C11H13FN2OS/c12-8-2-3-10(9(13)6-8)16-7-11(15)14-4-1-5-14/h2-3,6H,1,4-5,7,13H2. The van der Waals surface area contributed by atoms with E-state index in [1.54, 1.807) is 6.07 Å². The summed E-state index contributed by atoms with van der Waals surface area (Å²) < 4.78 is 12.8. The van der Waals surface area contributed by atoms with E-state index in [0.29, 0.717) is 11.4 Å². The normalized spacial score (nSPS) is 14.7. The lowest BCUT2D eigenvalue weighted by Gasteiger charge is -2.30. The van der Waals surface area contributed by atoms with Crippen LogP contribution in [0.4, 0.5) is 10.1 Å². The van der Waals surface area contributed by atoms with Gasteiger partial charge in [-0.2, -0.15) is 0 Å². The number of nitrogens with two attached hydrogens (primary N) is 1. The Labute approximate surface area is 97.8 Å². The Morgan fingerprint density at radius 1 is 1.50 bits per heavy atom. The van der Waals surface area contributed by atoms with Gasteiger partial charge in [-0.05, 0) is 24.6 Å². The zero-order valence-corrected chi connectivity index (χ0v) is 9.60. The molecule has 5 heteroatoms. The molecule has 1 aromatic rings. The fourth-order valence-corrected chi connectivity index (χ4v) is 2.30. The molecule has 1 fully saturated rings. The van der Waals surface area contributed by atoms with E-state index >= 15 is 0 Å². The third-order valence-corrected chi connectivity index (χ3v) is 3.61. The molecule has 1 aliphatic rings. The molecule has 0 aliphatic carbocycles. The van der Waals surface area contributed by atoms with Crippen LogP contribution in [0.1, 0.15) is 6.42 Å². The van der Waals surface area contributed by atoms with Crippen molar-refractivity contribution >= 4 is 23.4 Å². The first kappa shape index (κ1) is 11.3. The molecule has 1 saturated heterocycles. The average Bonchev–Trinajstić information content (AvgIpc) is 2.13. The number of benzene rings is 1. The van der Waals surface area contributed by atoms with Gasteiger partial charge in [0.25, 0.3) is 0 Å². The molecule has 2 rings (SSSR count). The number of likely N-dealkylation sites (tertiary alicyclic amines) is 1. The molecule has 0 aromatic heterocycles. The van der Waals surface area contributed by atoms with Gasteiger partial charge in [0.2, 0.25) is 5.91 Å². The van der Waals surface area contributed by atoms with E-state index in [1.165, 1.54) is 23.9 Å². The maximum absolute atomic E-state index is 12.8. The Balaban J connectivity index is 1.91. The highest BCUT2D eigenvalue weighted by Crippen LogP contribution is 2.26. The largest absolute Gasteiger partial charge is 0.398 e. The van der Waals surface area contributed by atoms with E-state index in [1.807, 2.05) is 4.90 Å². The third-order valence-electron chi connectivity index (χ3n) is 2.53. The quantitative estimate of drug-likeness (QED) is 0.646. The molecule has 0 atom stereocenters. The molecule has 0 spiro atoms. The minimum atomic E-state index is -0.351. The van der Waals surface area contributed by atoms with Crippen molar-refractivity contribution in [3.05, 3.63) is 24.0 Å². The monoisotopic (exact) mass is 240 g/mol. The van der Waals surface area contributed by atoms with Gasteiger partial charge in [-0.25, -0.2) is 4.39 Å². The summed E-state index contributed by atoms with van der Waals surface area (Å²) in [5, 5.41) is 0. The Morgan fingerprint density at radius 3 is 2.81 bits per heavy atom. The molecule has 0 radical (unpaired) electrons. The number of nitrogens with zero attached hydrogens (tertiary/aromatic N) is 1. The fraction of sp³-hybridized carbons (Fsp3) is 0.364. The predicted octanol–water partition coefficient (Wildman–Crippen LogP) is 1.73. The number of amides is 1. The molecule has 0 saturated carbocycles. The van der Waals surface area contributed by atoms with Crippen molar-refractivity contribution in [3.63, 3.8) is 0 Å². The molecule has 1 heterocycles. The molecular weight excluding hydrogens is 227 g/mol. The second kappa shape index (κ2) is 4.74. The van der Waals surface area contributed by atoms with Gasteiger partial charge in [-0.15, -0.1) is 11.8 Å². The van der Waals surface area contributed by atoms with Gasteiger partial charge in [-0.3, -0.25) is 4.79 Å². The first-order chi connectivity index (χ1) is 7.66. The van der Waals surface area contributed by atoms with E-state index in [2.05, 4.69) is 0 Å². The second-order valence-corrected chi connectivity index (χ2v) is 4.72. The van der Waals surface area contributed by atoms with Gasteiger partial charge in [0.1, 0.15) is 5.82 Å². The summed E-state index contributed by atoms with van der Waals surface area (Å²) in [4.78, 5) is 14.1. The van der Waals surface area contributed by atoms with Crippen molar-refractivity contribution < 1.29 is 9.18 Å². The molecule has 16 heavy (non-hydrogen) atoms. The lowest BCUT2D eigenvalue weighted by atomic mass is 10.2. The molecule has 3 nitrogen and oxygen atoms in total. The van der Waals surface area contributed by atoms with Crippen LogP contribution in [0.15, 0.2) is 23.1 Å². The highest BCUT2D eigenvalue weighted by molar-refractivity contribution is 8.00. The van der Waals surface area contributed by atoms with E-state index < -0.39 is 0 Å². The Hall–Kier alpha value is -1.23. The predicted molar refractivity (Wildman–Crippen MR) is 62.7 cm³/mol. The average molecular weight is 240 g/mol. The van der Waals surface area contributed by atoms with Gasteiger partial charge >= 0.3 is 0 Å². The van der Waals surface area contributed by atoms with Crippen molar-refractivity contribution in [3.8, 4) is 0 Å². The molecule has 2 N–H and O–H groups in total. The number of hydrogen-bond donors (Lipinski definition) is 1. The van der Waals surface area contributed by atoms with Crippen LogP contribution in [0.5, 0.6) is 0 Å². The van der Waals surface area contributed by atoms with Gasteiger partial charge in [0, 0.05) is 23.7 Å². The van der Waals surface area contributed by atoms with Crippen LogP contribution in [0.25, 0.3) is 0 Å². The molecular formula is C11H13FN2OS. The maximum atomic E-state index is 12.8. The van der Waals surface area contributed by atoms with Crippen LogP contribution < -0.4 is 5.73 Å². The highest BCUT2D eigenvalue weighted by Gasteiger charge is 2.20. The number of carbonyl (C=O) groups excluding carboxylic acids is 1. The van der Waals surface area contributed by atoms with E-state index in [9.17, 15) is 9.18 Å². The van der Waals surface area contributed by atoms with Gasteiger partial charge in [0.15, 0.2) is 0 Å². The highest BCUT2D eigenvalue weighted by atomic mass is 32.2. The van der Waals surface area contributed by atoms with Crippen LogP contribution in [-0.2, 0) is 4.79 Å². The lowest BCUT2D eigenvalue weighted by Crippen LogP contribution is -2.43. The molecule has 1 amide bonds. The minimum Gasteiger partial charge on any atom is -0.398 e. The van der Waals surface area contributed by atoms with Crippen LogP contribution in [0, 0.1) is 5.82 Å². The number of rotatable bonds is 3. The van der Waals surface area contributed by atoms with Crippen LogP contribution in [0.3, 0.4) is 0 Å². The van der Waals surface area contributed by atoms with Crippen molar-refractivity contribution in [1.29, 1.82) is 0 Å². The molecule has 86 valence electrons. The zero-order valence-electron chi connectivity index (χ0n) is 8.78. The summed E-state index contributed by atoms with van der Waals surface area (Å²) in [5.41, 5.74) is 6.03.